The molecule has 3 aliphatic rings. The Morgan fingerprint density at radius 3 is 2.17 bits per heavy atom. The second-order valence-electron chi connectivity index (χ2n) is 5.96. The zero-order chi connectivity index (χ0) is 12.1. The maximum atomic E-state index is 2.43. The molecule has 2 bridgehead atoms. The standard InChI is InChI=1S/C18H18/c1-12-2-4-13(5-3-12)8-14-9-17-15-6-7-16(11-15)18(17)10-14/h2-5,8-10,15-16H,6-7,11H2,1H3. The predicted octanol–water partition coefficient (Wildman–Crippen LogP) is 4.67. The highest BCUT2D eigenvalue weighted by molar-refractivity contribution is 5.67. The van der Waals surface area contributed by atoms with Crippen molar-refractivity contribution in [3.63, 3.8) is 0 Å². The van der Waals surface area contributed by atoms with Crippen molar-refractivity contribution in [2.45, 2.75) is 26.2 Å². The monoisotopic (exact) mass is 234 g/mol. The van der Waals surface area contributed by atoms with Gasteiger partial charge in [0.25, 0.3) is 0 Å². The van der Waals surface area contributed by atoms with Crippen LogP contribution in [0.4, 0.5) is 0 Å². The van der Waals surface area contributed by atoms with Crippen molar-refractivity contribution >= 4 is 6.08 Å². The fraction of sp³-hybridized carbons (Fsp3) is 0.333. The van der Waals surface area contributed by atoms with Crippen LogP contribution in [0, 0.1) is 18.8 Å². The van der Waals surface area contributed by atoms with E-state index in [9.17, 15) is 0 Å². The van der Waals surface area contributed by atoms with Gasteiger partial charge in [-0.05, 0) is 66.4 Å². The number of benzene rings is 1. The fourth-order valence-corrected chi connectivity index (χ4v) is 3.76. The summed E-state index contributed by atoms with van der Waals surface area (Å²) in [7, 11) is 0. The Morgan fingerprint density at radius 1 is 0.944 bits per heavy atom. The molecule has 0 aromatic heterocycles. The molecular weight excluding hydrogens is 216 g/mol. The summed E-state index contributed by atoms with van der Waals surface area (Å²) in [5, 5.41) is 0. The molecule has 4 rings (SSSR count). The van der Waals surface area contributed by atoms with Gasteiger partial charge in [-0.1, -0.05) is 42.0 Å². The van der Waals surface area contributed by atoms with Gasteiger partial charge in [0.2, 0.25) is 0 Å². The van der Waals surface area contributed by atoms with E-state index in [1.54, 1.807) is 11.1 Å². The minimum absolute atomic E-state index is 0.880. The van der Waals surface area contributed by atoms with Crippen molar-refractivity contribution in [3.05, 3.63) is 64.3 Å². The van der Waals surface area contributed by atoms with E-state index in [1.807, 2.05) is 0 Å². The van der Waals surface area contributed by atoms with Crippen LogP contribution in [0.3, 0.4) is 0 Å². The first-order chi connectivity index (χ1) is 8.79. The molecule has 0 saturated heterocycles. The Balaban J connectivity index is 1.69. The van der Waals surface area contributed by atoms with Gasteiger partial charge in [-0.25, -0.2) is 0 Å². The second-order valence-corrected chi connectivity index (χ2v) is 5.96. The van der Waals surface area contributed by atoms with Gasteiger partial charge in [0, 0.05) is 0 Å². The van der Waals surface area contributed by atoms with Gasteiger partial charge >= 0.3 is 0 Å². The lowest BCUT2D eigenvalue weighted by Gasteiger charge is -2.12. The van der Waals surface area contributed by atoms with Crippen molar-refractivity contribution in [1.82, 2.24) is 0 Å². The molecule has 0 amide bonds. The lowest BCUT2D eigenvalue weighted by molar-refractivity contribution is 0.658. The zero-order valence-electron chi connectivity index (χ0n) is 10.8. The van der Waals surface area contributed by atoms with E-state index in [0.717, 1.165) is 11.8 Å². The third-order valence-corrected chi connectivity index (χ3v) is 4.70. The SMILES string of the molecule is Cc1ccc(C=C2C=C3C(=C2)C2CCC3C2)cc1. The Morgan fingerprint density at radius 2 is 1.56 bits per heavy atom. The van der Waals surface area contributed by atoms with Crippen molar-refractivity contribution in [1.29, 1.82) is 0 Å². The van der Waals surface area contributed by atoms with Gasteiger partial charge in [0.15, 0.2) is 0 Å². The van der Waals surface area contributed by atoms with Gasteiger partial charge in [0.05, 0.1) is 0 Å². The van der Waals surface area contributed by atoms with Crippen LogP contribution in [0.2, 0.25) is 0 Å². The number of hydrogen-bond acceptors (Lipinski definition) is 0. The Bertz CT molecular complexity index is 553. The summed E-state index contributed by atoms with van der Waals surface area (Å²) in [5.41, 5.74) is 7.36. The Labute approximate surface area is 109 Å². The van der Waals surface area contributed by atoms with Gasteiger partial charge < -0.3 is 0 Å². The Kier molecular flexibility index (Phi) is 2.14. The van der Waals surface area contributed by atoms with Crippen LogP contribution >= 0.6 is 0 Å². The molecule has 0 heteroatoms. The first-order valence-electron chi connectivity index (χ1n) is 7.01. The molecule has 2 fully saturated rings. The molecule has 3 aliphatic carbocycles. The highest BCUT2D eigenvalue weighted by Gasteiger charge is 2.40. The van der Waals surface area contributed by atoms with E-state index >= 15 is 0 Å². The molecule has 1 aromatic rings. The molecule has 0 nitrogen and oxygen atoms in total. The van der Waals surface area contributed by atoms with Gasteiger partial charge in [-0.2, -0.15) is 0 Å². The van der Waals surface area contributed by atoms with Crippen molar-refractivity contribution < 1.29 is 0 Å². The summed E-state index contributed by atoms with van der Waals surface area (Å²) in [6.45, 7) is 2.14. The molecule has 0 spiro atoms. The summed E-state index contributed by atoms with van der Waals surface area (Å²) in [6, 6.07) is 8.79. The number of fused-ring (bicyclic) bond motifs is 5. The number of rotatable bonds is 1. The minimum atomic E-state index is 0.880. The highest BCUT2D eigenvalue weighted by atomic mass is 14.4. The molecule has 18 heavy (non-hydrogen) atoms. The molecular formula is C18H18. The third kappa shape index (κ3) is 1.52. The largest absolute Gasteiger partial charge is 0.0587 e. The quantitative estimate of drug-likeness (QED) is 0.662. The van der Waals surface area contributed by atoms with Crippen LogP contribution in [0.5, 0.6) is 0 Å². The van der Waals surface area contributed by atoms with E-state index in [1.165, 1.54) is 36.0 Å². The molecule has 0 radical (unpaired) electrons. The smallest absolute Gasteiger partial charge is 0.0153 e. The second kappa shape index (κ2) is 3.71. The molecule has 90 valence electrons. The van der Waals surface area contributed by atoms with Crippen LogP contribution in [0.25, 0.3) is 6.08 Å². The van der Waals surface area contributed by atoms with Crippen molar-refractivity contribution in [3.8, 4) is 0 Å². The van der Waals surface area contributed by atoms with E-state index < -0.39 is 0 Å². The van der Waals surface area contributed by atoms with E-state index in [-0.39, 0.29) is 0 Å². The molecule has 2 atom stereocenters. The van der Waals surface area contributed by atoms with E-state index in [2.05, 4.69) is 49.4 Å². The van der Waals surface area contributed by atoms with E-state index in [4.69, 9.17) is 0 Å². The topological polar surface area (TPSA) is 0 Å². The van der Waals surface area contributed by atoms with Crippen molar-refractivity contribution in [2.24, 2.45) is 11.8 Å². The van der Waals surface area contributed by atoms with E-state index in [0.29, 0.717) is 0 Å². The molecule has 0 heterocycles. The maximum absolute atomic E-state index is 2.43. The average molecular weight is 234 g/mol. The normalized spacial score (nSPS) is 28.2. The van der Waals surface area contributed by atoms with Crippen LogP contribution in [-0.2, 0) is 0 Å². The average Bonchev–Trinajstić information content (AvgIpc) is 3.03. The first kappa shape index (κ1) is 10.4. The zero-order valence-corrected chi connectivity index (χ0v) is 10.8. The summed E-state index contributed by atoms with van der Waals surface area (Å²) in [6.07, 6.45) is 11.4. The lowest BCUT2D eigenvalue weighted by atomic mass is 9.92. The van der Waals surface area contributed by atoms with Crippen LogP contribution < -0.4 is 0 Å². The summed E-state index contributed by atoms with van der Waals surface area (Å²) >= 11 is 0. The summed E-state index contributed by atoms with van der Waals surface area (Å²) in [5.74, 6) is 1.76. The van der Waals surface area contributed by atoms with Crippen molar-refractivity contribution in [2.75, 3.05) is 0 Å². The number of hydrogen-bond donors (Lipinski definition) is 0. The minimum Gasteiger partial charge on any atom is -0.0587 e. The van der Waals surface area contributed by atoms with Gasteiger partial charge in [0.1, 0.15) is 0 Å². The fourth-order valence-electron chi connectivity index (χ4n) is 3.76. The van der Waals surface area contributed by atoms with Crippen LogP contribution in [0.1, 0.15) is 30.4 Å². The van der Waals surface area contributed by atoms with Gasteiger partial charge in [-0.15, -0.1) is 0 Å². The third-order valence-electron chi connectivity index (χ3n) is 4.70. The maximum Gasteiger partial charge on any atom is -0.0153 e. The number of allylic oxidation sites excluding steroid dienone is 5. The van der Waals surface area contributed by atoms with Gasteiger partial charge in [-0.3, -0.25) is 0 Å². The summed E-state index contributed by atoms with van der Waals surface area (Å²) < 4.78 is 0. The molecule has 2 unspecified atom stereocenters. The predicted molar refractivity (Wildman–Crippen MR) is 76.2 cm³/mol. The number of aryl methyl sites for hydroxylation is 1. The first-order valence-corrected chi connectivity index (χ1v) is 7.01. The Hall–Kier alpha value is -1.56. The van der Waals surface area contributed by atoms with Crippen LogP contribution in [0.15, 0.2) is 53.1 Å². The summed E-state index contributed by atoms with van der Waals surface area (Å²) in [4.78, 5) is 0. The highest BCUT2D eigenvalue weighted by Crippen LogP contribution is 2.54. The molecule has 1 aromatic carbocycles. The molecule has 2 saturated carbocycles. The molecule has 0 aliphatic heterocycles. The van der Waals surface area contributed by atoms with Crippen LogP contribution in [-0.4, -0.2) is 0 Å². The lowest BCUT2D eigenvalue weighted by Crippen LogP contribution is -1.99. The molecule has 0 N–H and O–H groups in total.